The van der Waals surface area contributed by atoms with Crippen molar-refractivity contribution in [3.05, 3.63) is 29.6 Å². The number of hydrogen-bond donors (Lipinski definition) is 1. The second kappa shape index (κ2) is 5.32. The smallest absolute Gasteiger partial charge is 0.268 e. The van der Waals surface area contributed by atoms with Crippen LogP contribution in [-0.4, -0.2) is 17.5 Å². The number of halogens is 2. The summed E-state index contributed by atoms with van der Waals surface area (Å²) in [5.74, 6) is -2.79. The summed E-state index contributed by atoms with van der Waals surface area (Å²) in [5, 5.41) is 0. The number of hydrogen-bond acceptors (Lipinski definition) is 3. The fourth-order valence-corrected chi connectivity index (χ4v) is 1.14. The molecule has 0 aliphatic carbocycles. The van der Waals surface area contributed by atoms with Crippen LogP contribution in [0.1, 0.15) is 31.1 Å². The summed E-state index contributed by atoms with van der Waals surface area (Å²) < 4.78 is 29.7. The van der Waals surface area contributed by atoms with Crippen LogP contribution in [0.3, 0.4) is 0 Å². The van der Waals surface area contributed by atoms with Crippen molar-refractivity contribution < 1.29 is 13.5 Å². The number of alkyl halides is 2. The van der Waals surface area contributed by atoms with Crippen LogP contribution in [0.25, 0.3) is 0 Å². The Hall–Kier alpha value is -1.07. The minimum absolute atomic E-state index is 0.130. The van der Waals surface area contributed by atoms with E-state index in [9.17, 15) is 8.78 Å². The lowest BCUT2D eigenvalue weighted by Gasteiger charge is -2.11. The summed E-state index contributed by atoms with van der Waals surface area (Å²) in [4.78, 5) is 4.10. The van der Waals surface area contributed by atoms with E-state index in [1.165, 1.54) is 0 Å². The number of rotatable bonds is 5. The van der Waals surface area contributed by atoms with Crippen molar-refractivity contribution in [2.75, 3.05) is 6.61 Å². The molecule has 0 unspecified atom stereocenters. The Bertz CT molecular complexity index is 320. The highest BCUT2D eigenvalue weighted by Gasteiger charge is 2.20. The minimum Gasteiger partial charge on any atom is -0.370 e. The average molecular weight is 230 g/mol. The van der Waals surface area contributed by atoms with Crippen LogP contribution in [-0.2, 0) is 11.3 Å². The molecule has 0 saturated heterocycles. The molecule has 3 nitrogen and oxygen atoms in total. The molecule has 0 radical (unpaired) electrons. The van der Waals surface area contributed by atoms with Crippen molar-refractivity contribution in [1.29, 1.82) is 0 Å². The summed E-state index contributed by atoms with van der Waals surface area (Å²) in [5.41, 5.74) is 7.15. The van der Waals surface area contributed by atoms with E-state index in [0.717, 1.165) is 18.2 Å². The first-order valence-electron chi connectivity index (χ1n) is 5.04. The average Bonchev–Trinajstić information content (AvgIpc) is 2.16. The maximum atomic E-state index is 12.4. The second-order valence-electron chi connectivity index (χ2n) is 3.94. The van der Waals surface area contributed by atoms with Crippen molar-refractivity contribution in [1.82, 2.24) is 4.98 Å². The molecule has 16 heavy (non-hydrogen) atoms. The van der Waals surface area contributed by atoms with Crippen LogP contribution < -0.4 is 5.73 Å². The third-order valence-corrected chi connectivity index (χ3v) is 1.94. The van der Waals surface area contributed by atoms with Crippen molar-refractivity contribution >= 4 is 0 Å². The van der Waals surface area contributed by atoms with Gasteiger partial charge in [-0.15, -0.1) is 0 Å². The normalized spacial score (nSPS) is 13.8. The van der Waals surface area contributed by atoms with Gasteiger partial charge in [0.25, 0.3) is 5.92 Å². The molecule has 0 fully saturated rings. The molecule has 0 saturated carbocycles. The highest BCUT2D eigenvalue weighted by molar-refractivity contribution is 5.15. The summed E-state index contributed by atoms with van der Waals surface area (Å²) in [7, 11) is 0. The quantitative estimate of drug-likeness (QED) is 0.844. The fraction of sp³-hybridized carbons (Fsp3) is 0.545. The minimum atomic E-state index is -2.79. The van der Waals surface area contributed by atoms with Crippen molar-refractivity contribution in [3.8, 4) is 0 Å². The molecule has 2 N–H and O–H groups in total. The van der Waals surface area contributed by atoms with Gasteiger partial charge in [0.2, 0.25) is 0 Å². The molecule has 0 bridgehead atoms. The highest BCUT2D eigenvalue weighted by Crippen LogP contribution is 2.13. The Morgan fingerprint density at radius 3 is 2.62 bits per heavy atom. The summed E-state index contributed by atoms with van der Waals surface area (Å²) in [6.45, 7) is 2.21. The van der Waals surface area contributed by atoms with Gasteiger partial charge >= 0.3 is 0 Å². The molecule has 90 valence electrons. The fourth-order valence-electron chi connectivity index (χ4n) is 1.14. The van der Waals surface area contributed by atoms with Crippen LogP contribution in [0.15, 0.2) is 18.3 Å². The lowest BCUT2D eigenvalue weighted by Crippen LogP contribution is -2.18. The Labute approximate surface area is 93.6 Å². The van der Waals surface area contributed by atoms with E-state index in [-0.39, 0.29) is 12.6 Å². The first-order valence-corrected chi connectivity index (χ1v) is 5.04. The van der Waals surface area contributed by atoms with Crippen LogP contribution >= 0.6 is 0 Å². The molecule has 0 aliphatic heterocycles. The molecule has 1 aromatic rings. The zero-order valence-corrected chi connectivity index (χ0v) is 9.41. The predicted octanol–water partition coefficient (Wildman–Crippen LogP) is 2.27. The van der Waals surface area contributed by atoms with E-state index in [1.807, 2.05) is 6.92 Å². The lowest BCUT2D eigenvalue weighted by molar-refractivity contribution is -0.0674. The Kier molecular flexibility index (Phi) is 4.32. The standard InChI is InChI=1S/C11H16F2N2O/c1-8(14)10-4-3-9(5-15-10)6-16-7-11(2,12)13/h3-5,8H,6-7,14H2,1-2H3/t8-/m1/s1. The highest BCUT2D eigenvalue weighted by atomic mass is 19.3. The van der Waals surface area contributed by atoms with E-state index in [1.54, 1.807) is 18.3 Å². The van der Waals surface area contributed by atoms with Crippen molar-refractivity contribution in [2.24, 2.45) is 5.73 Å². The van der Waals surface area contributed by atoms with Crippen molar-refractivity contribution in [2.45, 2.75) is 32.4 Å². The number of ether oxygens (including phenoxy) is 1. The van der Waals surface area contributed by atoms with E-state index < -0.39 is 12.5 Å². The molecule has 0 aromatic carbocycles. The molecule has 0 amide bonds. The molecule has 1 heterocycles. The molecule has 1 aromatic heterocycles. The van der Waals surface area contributed by atoms with Gasteiger partial charge < -0.3 is 10.5 Å². The topological polar surface area (TPSA) is 48.1 Å². The molecule has 1 rings (SSSR count). The van der Waals surface area contributed by atoms with Gasteiger partial charge in [-0.1, -0.05) is 6.07 Å². The van der Waals surface area contributed by atoms with Crippen LogP contribution in [0.5, 0.6) is 0 Å². The van der Waals surface area contributed by atoms with Crippen LogP contribution in [0.2, 0.25) is 0 Å². The largest absolute Gasteiger partial charge is 0.370 e. The molecule has 1 atom stereocenters. The van der Waals surface area contributed by atoms with E-state index in [4.69, 9.17) is 10.5 Å². The summed E-state index contributed by atoms with van der Waals surface area (Å²) in [6.07, 6.45) is 1.59. The third-order valence-electron chi connectivity index (χ3n) is 1.94. The molecular formula is C11H16F2N2O. The van der Waals surface area contributed by atoms with Gasteiger partial charge in [0.1, 0.15) is 6.61 Å². The first-order chi connectivity index (χ1) is 7.38. The number of nitrogens with zero attached hydrogens (tertiary/aromatic N) is 1. The first kappa shape index (κ1) is 13.0. The molecule has 5 heteroatoms. The SMILES string of the molecule is C[C@@H](N)c1ccc(COCC(C)(F)F)cn1. The number of nitrogens with two attached hydrogens (primary N) is 1. The zero-order chi connectivity index (χ0) is 12.2. The number of aromatic nitrogens is 1. The second-order valence-corrected chi connectivity index (χ2v) is 3.94. The van der Waals surface area contributed by atoms with Gasteiger partial charge in [-0.2, -0.15) is 0 Å². The monoisotopic (exact) mass is 230 g/mol. The molecule has 0 aliphatic rings. The van der Waals surface area contributed by atoms with Gasteiger partial charge in [0.05, 0.1) is 12.3 Å². The third kappa shape index (κ3) is 4.63. The van der Waals surface area contributed by atoms with E-state index in [0.29, 0.717) is 0 Å². The molecular weight excluding hydrogens is 214 g/mol. The van der Waals surface area contributed by atoms with Gasteiger partial charge in [0.15, 0.2) is 0 Å². The van der Waals surface area contributed by atoms with Gasteiger partial charge in [-0.25, -0.2) is 8.78 Å². The van der Waals surface area contributed by atoms with Gasteiger partial charge in [-0.05, 0) is 18.6 Å². The summed E-state index contributed by atoms with van der Waals surface area (Å²) in [6, 6.07) is 3.42. The van der Waals surface area contributed by atoms with Gasteiger partial charge in [0, 0.05) is 19.2 Å². The van der Waals surface area contributed by atoms with Crippen LogP contribution in [0, 0.1) is 0 Å². The van der Waals surface area contributed by atoms with E-state index in [2.05, 4.69) is 4.98 Å². The Morgan fingerprint density at radius 1 is 1.50 bits per heavy atom. The maximum absolute atomic E-state index is 12.4. The molecule has 0 spiro atoms. The van der Waals surface area contributed by atoms with E-state index >= 15 is 0 Å². The Balaban J connectivity index is 2.44. The maximum Gasteiger partial charge on any atom is 0.268 e. The predicted molar refractivity (Wildman–Crippen MR) is 57.1 cm³/mol. The Morgan fingerprint density at radius 2 is 2.19 bits per heavy atom. The zero-order valence-electron chi connectivity index (χ0n) is 9.41. The summed E-state index contributed by atoms with van der Waals surface area (Å²) >= 11 is 0. The van der Waals surface area contributed by atoms with Crippen molar-refractivity contribution in [3.63, 3.8) is 0 Å². The number of pyridine rings is 1. The lowest BCUT2D eigenvalue weighted by atomic mass is 10.2. The van der Waals surface area contributed by atoms with Gasteiger partial charge in [-0.3, -0.25) is 4.98 Å². The van der Waals surface area contributed by atoms with Crippen LogP contribution in [0.4, 0.5) is 8.78 Å².